The average Bonchev–Trinajstić information content (AvgIpc) is 2.94. The fourth-order valence-electron chi connectivity index (χ4n) is 4.28. The first-order valence-corrected chi connectivity index (χ1v) is 11.8. The first-order chi connectivity index (χ1) is 17.6. The smallest absolute Gasteiger partial charge is 0.264 e. The van der Waals surface area contributed by atoms with Crippen molar-refractivity contribution in [1.29, 1.82) is 0 Å². The van der Waals surface area contributed by atoms with E-state index in [0.717, 1.165) is 47.8 Å². The van der Waals surface area contributed by atoms with Gasteiger partial charge >= 0.3 is 0 Å². The molecule has 9 nitrogen and oxygen atoms in total. The number of hydrogen-bond acceptors (Lipinski definition) is 7. The van der Waals surface area contributed by atoms with Gasteiger partial charge in [0.1, 0.15) is 5.75 Å². The highest BCUT2D eigenvalue weighted by atomic mass is 16.5. The maximum absolute atomic E-state index is 13.0. The van der Waals surface area contributed by atoms with Crippen molar-refractivity contribution in [2.24, 2.45) is 5.92 Å². The van der Waals surface area contributed by atoms with Gasteiger partial charge in [-0.25, -0.2) is 5.10 Å². The van der Waals surface area contributed by atoms with Crippen LogP contribution in [0.2, 0.25) is 0 Å². The molecule has 2 aromatic carbocycles. The fourth-order valence-corrected chi connectivity index (χ4v) is 4.28. The Balaban J connectivity index is 1.21. The van der Waals surface area contributed by atoms with Gasteiger partial charge in [-0.1, -0.05) is 12.1 Å². The van der Waals surface area contributed by atoms with Gasteiger partial charge in [-0.3, -0.25) is 9.59 Å². The largest absolute Gasteiger partial charge is 0.497 e. The lowest BCUT2D eigenvalue weighted by Gasteiger charge is -2.32. The first-order valence-electron chi connectivity index (χ1n) is 11.8. The second kappa shape index (κ2) is 10.4. The highest BCUT2D eigenvalue weighted by Gasteiger charge is 2.27. The van der Waals surface area contributed by atoms with Crippen LogP contribution in [0.3, 0.4) is 0 Å². The van der Waals surface area contributed by atoms with E-state index in [1.165, 1.54) is 6.07 Å². The van der Waals surface area contributed by atoms with E-state index in [4.69, 9.17) is 4.74 Å². The van der Waals surface area contributed by atoms with Crippen molar-refractivity contribution >= 4 is 17.4 Å². The van der Waals surface area contributed by atoms with Crippen LogP contribution in [0.5, 0.6) is 5.75 Å². The zero-order valence-electron chi connectivity index (χ0n) is 19.8. The van der Waals surface area contributed by atoms with Crippen LogP contribution in [0.1, 0.15) is 12.8 Å². The topological polar surface area (TPSA) is 113 Å². The minimum Gasteiger partial charge on any atom is -0.497 e. The predicted molar refractivity (Wildman–Crippen MR) is 138 cm³/mol. The van der Waals surface area contributed by atoms with E-state index in [9.17, 15) is 9.59 Å². The van der Waals surface area contributed by atoms with Crippen molar-refractivity contribution in [2.75, 3.05) is 30.4 Å². The van der Waals surface area contributed by atoms with Gasteiger partial charge in [0.2, 0.25) is 5.91 Å². The lowest BCUT2D eigenvalue weighted by atomic mass is 9.97. The molecule has 182 valence electrons. The van der Waals surface area contributed by atoms with E-state index in [1.807, 2.05) is 60.7 Å². The molecule has 0 saturated carbocycles. The molecular formula is C27H26N6O3. The highest BCUT2D eigenvalue weighted by molar-refractivity contribution is 5.93. The Morgan fingerprint density at radius 1 is 0.944 bits per heavy atom. The number of nitrogens with zero attached hydrogens (tertiary/aromatic N) is 4. The molecular weight excluding hydrogens is 456 g/mol. The summed E-state index contributed by atoms with van der Waals surface area (Å²) in [6.07, 6.45) is 1.72. The molecule has 4 aromatic rings. The number of piperidine rings is 1. The minimum absolute atomic E-state index is 0.0163. The van der Waals surface area contributed by atoms with Gasteiger partial charge in [0.25, 0.3) is 5.56 Å². The van der Waals surface area contributed by atoms with Gasteiger partial charge in [-0.2, -0.15) is 5.10 Å². The number of H-pyrrole nitrogens is 1. The monoisotopic (exact) mass is 482 g/mol. The molecule has 0 spiro atoms. The molecule has 2 N–H and O–H groups in total. The number of carbonyl (C=O) groups is 1. The summed E-state index contributed by atoms with van der Waals surface area (Å²) >= 11 is 0. The molecule has 1 unspecified atom stereocenters. The van der Waals surface area contributed by atoms with Crippen LogP contribution in [0.4, 0.5) is 11.5 Å². The van der Waals surface area contributed by atoms with Crippen LogP contribution in [0.15, 0.2) is 77.6 Å². The van der Waals surface area contributed by atoms with E-state index >= 15 is 0 Å². The van der Waals surface area contributed by atoms with Crippen molar-refractivity contribution in [1.82, 2.24) is 20.4 Å². The van der Waals surface area contributed by atoms with E-state index < -0.39 is 0 Å². The third-order valence-corrected chi connectivity index (χ3v) is 6.28. The zero-order chi connectivity index (χ0) is 24.9. The Morgan fingerprint density at radius 3 is 2.33 bits per heavy atom. The molecule has 0 bridgehead atoms. The molecule has 1 aliphatic heterocycles. The summed E-state index contributed by atoms with van der Waals surface area (Å²) in [6, 6.07) is 22.1. The lowest BCUT2D eigenvalue weighted by molar-refractivity contribution is -0.120. The molecule has 1 aliphatic rings. The highest BCUT2D eigenvalue weighted by Crippen LogP contribution is 2.26. The molecule has 1 fully saturated rings. The predicted octanol–water partition coefficient (Wildman–Crippen LogP) is 3.76. The number of aromatic amines is 1. The number of carbonyl (C=O) groups excluding carboxylic acids is 1. The van der Waals surface area contributed by atoms with Gasteiger partial charge in [-0.05, 0) is 67.4 Å². The Kier molecular flexibility index (Phi) is 6.70. The Morgan fingerprint density at radius 2 is 1.67 bits per heavy atom. The summed E-state index contributed by atoms with van der Waals surface area (Å²) < 4.78 is 5.21. The quantitative estimate of drug-likeness (QED) is 0.430. The van der Waals surface area contributed by atoms with Gasteiger partial charge < -0.3 is 15.0 Å². The number of methoxy groups -OCH3 is 1. The van der Waals surface area contributed by atoms with Gasteiger partial charge in [0.15, 0.2) is 5.82 Å². The molecule has 1 saturated heterocycles. The fraction of sp³-hybridized carbons (Fsp3) is 0.222. The van der Waals surface area contributed by atoms with Gasteiger partial charge in [0.05, 0.1) is 24.4 Å². The second-order valence-corrected chi connectivity index (χ2v) is 8.66. The molecule has 3 heterocycles. The van der Waals surface area contributed by atoms with Crippen molar-refractivity contribution in [3.8, 4) is 28.3 Å². The second-order valence-electron chi connectivity index (χ2n) is 8.66. The molecule has 9 heteroatoms. The number of nitrogens with one attached hydrogen (secondary N) is 2. The first kappa shape index (κ1) is 23.2. The summed E-state index contributed by atoms with van der Waals surface area (Å²) in [5, 5.41) is 18.3. The number of ether oxygens (including phenoxy) is 1. The number of aromatic nitrogens is 4. The van der Waals surface area contributed by atoms with E-state index in [1.54, 1.807) is 13.2 Å². The van der Waals surface area contributed by atoms with Crippen LogP contribution < -0.4 is 20.5 Å². The molecule has 0 aliphatic carbocycles. The minimum atomic E-state index is -0.247. The van der Waals surface area contributed by atoms with Crippen molar-refractivity contribution in [3.63, 3.8) is 0 Å². The van der Waals surface area contributed by atoms with E-state index in [0.29, 0.717) is 17.9 Å². The van der Waals surface area contributed by atoms with Crippen LogP contribution in [0, 0.1) is 5.92 Å². The summed E-state index contributed by atoms with van der Waals surface area (Å²) in [5.41, 5.74) is 3.73. The summed E-state index contributed by atoms with van der Waals surface area (Å²) in [4.78, 5) is 26.3. The van der Waals surface area contributed by atoms with Gasteiger partial charge in [-0.15, -0.1) is 10.2 Å². The Labute approximate surface area is 208 Å². The Hall–Kier alpha value is -4.53. The van der Waals surface area contributed by atoms with Crippen molar-refractivity contribution in [3.05, 3.63) is 83.2 Å². The molecule has 1 amide bonds. The third-order valence-electron chi connectivity index (χ3n) is 6.28. The summed E-state index contributed by atoms with van der Waals surface area (Å²) in [7, 11) is 1.64. The summed E-state index contributed by atoms with van der Waals surface area (Å²) in [5.74, 6) is 1.39. The molecule has 5 rings (SSSR count). The molecule has 36 heavy (non-hydrogen) atoms. The number of rotatable bonds is 6. The van der Waals surface area contributed by atoms with Crippen molar-refractivity contribution in [2.45, 2.75) is 12.8 Å². The number of anilines is 2. The van der Waals surface area contributed by atoms with E-state index in [2.05, 4.69) is 30.6 Å². The SMILES string of the molecule is COc1ccc(-c2ccc(N3CCCC(C(=O)Nc4ccc(-c5ccc(=O)[nH]n5)cc4)C3)nn2)cc1. The number of amides is 1. The number of benzene rings is 2. The molecule has 1 atom stereocenters. The third kappa shape index (κ3) is 5.25. The van der Waals surface area contributed by atoms with E-state index in [-0.39, 0.29) is 17.4 Å². The van der Waals surface area contributed by atoms with Crippen LogP contribution in [-0.4, -0.2) is 46.5 Å². The zero-order valence-corrected chi connectivity index (χ0v) is 19.8. The normalized spacial score (nSPS) is 15.4. The Bertz CT molecular complexity index is 1360. The lowest BCUT2D eigenvalue weighted by Crippen LogP contribution is -2.41. The summed E-state index contributed by atoms with van der Waals surface area (Å²) in [6.45, 7) is 1.42. The maximum atomic E-state index is 13.0. The van der Waals surface area contributed by atoms with Gasteiger partial charge in [0, 0.05) is 36.0 Å². The number of hydrogen-bond donors (Lipinski definition) is 2. The van der Waals surface area contributed by atoms with Crippen molar-refractivity contribution < 1.29 is 9.53 Å². The molecule has 2 aromatic heterocycles. The van der Waals surface area contributed by atoms with Crippen LogP contribution in [0.25, 0.3) is 22.5 Å². The van der Waals surface area contributed by atoms with Crippen LogP contribution in [-0.2, 0) is 4.79 Å². The maximum Gasteiger partial charge on any atom is 0.264 e. The standard InChI is InChI=1S/C27H26N6O3/c1-36-22-10-6-19(7-11-22)23-12-14-25(31-29-23)33-16-2-3-20(17-33)27(35)28-21-8-4-18(5-9-21)24-13-15-26(34)32-30-24/h4-15,20H,2-3,16-17H2,1H3,(H,28,35)(H,32,34). The molecule has 0 radical (unpaired) electrons. The average molecular weight is 483 g/mol. The van der Waals surface area contributed by atoms with Crippen LogP contribution >= 0.6 is 0 Å².